The Morgan fingerprint density at radius 1 is 1.57 bits per heavy atom. The van der Waals surface area contributed by atoms with Gasteiger partial charge in [-0.1, -0.05) is 0 Å². The molecule has 1 aliphatic rings. The van der Waals surface area contributed by atoms with E-state index in [4.69, 9.17) is 16.3 Å². The molecule has 0 saturated carbocycles. The van der Waals surface area contributed by atoms with Crippen LogP contribution in [0.3, 0.4) is 0 Å². The van der Waals surface area contributed by atoms with Crippen LogP contribution in [0.2, 0.25) is 0 Å². The summed E-state index contributed by atoms with van der Waals surface area (Å²) in [6.07, 6.45) is -3.22. The lowest BCUT2D eigenvalue weighted by molar-refractivity contribution is -0.137. The van der Waals surface area contributed by atoms with Crippen LogP contribution in [0.15, 0.2) is 18.3 Å². The van der Waals surface area contributed by atoms with Gasteiger partial charge in [0.2, 0.25) is 11.8 Å². The normalized spacial score (nSPS) is 20.4. The SMILES string of the molecule is CC(Cl)C(=O)N1CCC(Oc2cc(C(F)(F)F)ccn2)C1. The van der Waals surface area contributed by atoms with Crippen LogP contribution < -0.4 is 4.74 Å². The van der Waals surface area contributed by atoms with Gasteiger partial charge in [0.25, 0.3) is 0 Å². The smallest absolute Gasteiger partial charge is 0.416 e. The van der Waals surface area contributed by atoms with Crippen molar-refractivity contribution in [2.24, 2.45) is 0 Å². The van der Waals surface area contributed by atoms with E-state index in [1.165, 1.54) is 4.90 Å². The predicted molar refractivity (Wildman–Crippen MR) is 70.2 cm³/mol. The molecular formula is C13H14ClF3N2O2. The fourth-order valence-corrected chi connectivity index (χ4v) is 2.24. The van der Waals surface area contributed by atoms with Gasteiger partial charge in [-0.2, -0.15) is 13.2 Å². The summed E-state index contributed by atoms with van der Waals surface area (Å²) >= 11 is 5.72. The fraction of sp³-hybridized carbons (Fsp3) is 0.538. The summed E-state index contributed by atoms with van der Waals surface area (Å²) in [6.45, 7) is 2.35. The Morgan fingerprint density at radius 3 is 2.90 bits per heavy atom. The zero-order valence-electron chi connectivity index (χ0n) is 11.2. The van der Waals surface area contributed by atoms with E-state index in [0.717, 1.165) is 18.3 Å². The maximum atomic E-state index is 12.6. The second-order valence-electron chi connectivity index (χ2n) is 4.81. The molecule has 1 saturated heterocycles. The molecule has 0 N–H and O–H groups in total. The Hall–Kier alpha value is -1.50. The molecular weight excluding hydrogens is 309 g/mol. The van der Waals surface area contributed by atoms with Crippen LogP contribution in [-0.2, 0) is 11.0 Å². The van der Waals surface area contributed by atoms with Gasteiger partial charge in [0.1, 0.15) is 11.5 Å². The van der Waals surface area contributed by atoms with E-state index in [-0.39, 0.29) is 17.9 Å². The van der Waals surface area contributed by atoms with Crippen LogP contribution in [0.25, 0.3) is 0 Å². The first-order valence-corrected chi connectivity index (χ1v) is 6.84. The fourth-order valence-electron chi connectivity index (χ4n) is 2.10. The molecule has 0 aromatic carbocycles. The molecule has 0 bridgehead atoms. The summed E-state index contributed by atoms with van der Waals surface area (Å²) < 4.78 is 43.2. The molecule has 0 spiro atoms. The molecule has 116 valence electrons. The molecule has 2 heterocycles. The first-order chi connectivity index (χ1) is 9.77. The maximum Gasteiger partial charge on any atom is 0.416 e. The third-order valence-corrected chi connectivity index (χ3v) is 3.33. The Bertz CT molecular complexity index is 522. The summed E-state index contributed by atoms with van der Waals surface area (Å²) in [4.78, 5) is 17.0. The van der Waals surface area contributed by atoms with Gasteiger partial charge >= 0.3 is 6.18 Å². The van der Waals surface area contributed by atoms with Crippen molar-refractivity contribution >= 4 is 17.5 Å². The van der Waals surface area contributed by atoms with E-state index in [1.807, 2.05) is 0 Å². The molecule has 2 atom stereocenters. The molecule has 0 aliphatic carbocycles. The van der Waals surface area contributed by atoms with Crippen LogP contribution >= 0.6 is 11.6 Å². The lowest BCUT2D eigenvalue weighted by Gasteiger charge is -2.18. The van der Waals surface area contributed by atoms with Crippen molar-refractivity contribution in [3.05, 3.63) is 23.9 Å². The number of hydrogen-bond donors (Lipinski definition) is 0. The van der Waals surface area contributed by atoms with Crippen molar-refractivity contribution in [2.45, 2.75) is 31.0 Å². The molecule has 1 aromatic heterocycles. The molecule has 1 aromatic rings. The number of carbonyl (C=O) groups is 1. The highest BCUT2D eigenvalue weighted by atomic mass is 35.5. The van der Waals surface area contributed by atoms with E-state index in [9.17, 15) is 18.0 Å². The van der Waals surface area contributed by atoms with Crippen LogP contribution in [0, 0.1) is 0 Å². The van der Waals surface area contributed by atoms with Gasteiger partial charge in [0.15, 0.2) is 0 Å². The average Bonchev–Trinajstić information content (AvgIpc) is 2.85. The van der Waals surface area contributed by atoms with Crippen LogP contribution in [0.1, 0.15) is 18.9 Å². The lowest BCUT2D eigenvalue weighted by Crippen LogP contribution is -2.35. The number of alkyl halides is 4. The molecule has 2 rings (SSSR count). The predicted octanol–water partition coefficient (Wildman–Crippen LogP) is 2.71. The Kier molecular flexibility index (Phi) is 4.61. The highest BCUT2D eigenvalue weighted by Gasteiger charge is 2.32. The van der Waals surface area contributed by atoms with E-state index in [2.05, 4.69) is 4.98 Å². The lowest BCUT2D eigenvalue weighted by atomic mass is 10.2. The van der Waals surface area contributed by atoms with Gasteiger partial charge in [0, 0.05) is 25.2 Å². The zero-order chi connectivity index (χ0) is 15.6. The average molecular weight is 323 g/mol. The molecule has 4 nitrogen and oxygen atoms in total. The number of hydrogen-bond acceptors (Lipinski definition) is 3. The summed E-state index contributed by atoms with van der Waals surface area (Å²) in [5.41, 5.74) is -0.812. The van der Waals surface area contributed by atoms with Gasteiger partial charge in [-0.15, -0.1) is 11.6 Å². The second-order valence-corrected chi connectivity index (χ2v) is 5.46. The van der Waals surface area contributed by atoms with Crippen molar-refractivity contribution in [3.8, 4) is 5.88 Å². The number of ether oxygens (including phenoxy) is 1. The minimum atomic E-state index is -4.44. The highest BCUT2D eigenvalue weighted by Crippen LogP contribution is 2.31. The first kappa shape index (κ1) is 15.9. The summed E-state index contributed by atoms with van der Waals surface area (Å²) in [5, 5.41) is -0.629. The number of pyridine rings is 1. The van der Waals surface area contributed by atoms with E-state index in [0.29, 0.717) is 19.5 Å². The van der Waals surface area contributed by atoms with Gasteiger partial charge in [0.05, 0.1) is 12.1 Å². The molecule has 1 amide bonds. The van der Waals surface area contributed by atoms with Crippen molar-refractivity contribution in [3.63, 3.8) is 0 Å². The standard InChI is InChI=1S/C13H14ClF3N2O2/c1-8(14)12(20)19-5-3-10(7-19)21-11-6-9(2-4-18-11)13(15,16)17/h2,4,6,8,10H,3,5,7H2,1H3. The Labute approximate surface area is 124 Å². The number of halogens is 4. The molecule has 1 fully saturated rings. The summed E-state index contributed by atoms with van der Waals surface area (Å²) in [5.74, 6) is -0.303. The third kappa shape index (κ3) is 4.00. The largest absolute Gasteiger partial charge is 0.472 e. The monoisotopic (exact) mass is 322 g/mol. The maximum absolute atomic E-state index is 12.6. The number of likely N-dealkylation sites (tertiary alicyclic amines) is 1. The van der Waals surface area contributed by atoms with Gasteiger partial charge < -0.3 is 9.64 Å². The number of rotatable bonds is 3. The van der Waals surface area contributed by atoms with Gasteiger partial charge in [-0.3, -0.25) is 4.79 Å². The van der Waals surface area contributed by atoms with Crippen molar-refractivity contribution in [2.75, 3.05) is 13.1 Å². The summed E-state index contributed by atoms with van der Waals surface area (Å²) in [7, 11) is 0. The molecule has 2 unspecified atom stereocenters. The van der Waals surface area contributed by atoms with Gasteiger partial charge in [-0.25, -0.2) is 4.98 Å². The molecule has 1 aliphatic heterocycles. The first-order valence-electron chi connectivity index (χ1n) is 6.40. The van der Waals surface area contributed by atoms with Crippen molar-refractivity contribution < 1.29 is 22.7 Å². The number of aromatic nitrogens is 1. The minimum Gasteiger partial charge on any atom is -0.472 e. The number of amides is 1. The molecule has 8 heteroatoms. The van der Waals surface area contributed by atoms with E-state index < -0.39 is 17.1 Å². The van der Waals surface area contributed by atoms with E-state index >= 15 is 0 Å². The van der Waals surface area contributed by atoms with Crippen LogP contribution in [-0.4, -0.2) is 40.4 Å². The highest BCUT2D eigenvalue weighted by molar-refractivity contribution is 6.30. The zero-order valence-corrected chi connectivity index (χ0v) is 12.0. The Balaban J connectivity index is 1.99. The molecule has 21 heavy (non-hydrogen) atoms. The van der Waals surface area contributed by atoms with Crippen molar-refractivity contribution in [1.29, 1.82) is 0 Å². The van der Waals surface area contributed by atoms with Gasteiger partial charge in [-0.05, 0) is 13.0 Å². The van der Waals surface area contributed by atoms with Crippen LogP contribution in [0.5, 0.6) is 5.88 Å². The number of carbonyl (C=O) groups excluding carboxylic acids is 1. The second kappa shape index (κ2) is 6.09. The minimum absolute atomic E-state index is 0.0944. The van der Waals surface area contributed by atoms with Crippen molar-refractivity contribution in [1.82, 2.24) is 9.88 Å². The molecule has 0 radical (unpaired) electrons. The topological polar surface area (TPSA) is 42.4 Å². The Morgan fingerprint density at radius 2 is 2.29 bits per heavy atom. The third-order valence-electron chi connectivity index (χ3n) is 3.15. The van der Waals surface area contributed by atoms with Crippen LogP contribution in [0.4, 0.5) is 13.2 Å². The number of nitrogens with zero attached hydrogens (tertiary/aromatic N) is 2. The van der Waals surface area contributed by atoms with E-state index in [1.54, 1.807) is 6.92 Å². The summed E-state index contributed by atoms with van der Waals surface area (Å²) in [6, 6.07) is 1.74. The quantitative estimate of drug-likeness (QED) is 0.804.